The second-order valence-electron chi connectivity index (χ2n) is 6.13. The summed E-state index contributed by atoms with van der Waals surface area (Å²) in [6.07, 6.45) is 2.98. The van der Waals surface area contributed by atoms with E-state index in [1.165, 1.54) is 6.26 Å². The summed E-state index contributed by atoms with van der Waals surface area (Å²) >= 11 is 0. The van der Waals surface area contributed by atoms with Crippen LogP contribution in [0, 0.1) is 5.92 Å². The van der Waals surface area contributed by atoms with Crippen molar-refractivity contribution in [2.45, 2.75) is 32.4 Å². The van der Waals surface area contributed by atoms with Crippen molar-refractivity contribution in [1.82, 2.24) is 9.62 Å². The lowest BCUT2D eigenvalue weighted by Gasteiger charge is -2.37. The SMILES string of the molecule is CC[C@H]1CN(S(C)(=O)=O)CC[C@@H]1NCc1cccc(C(N)=O)c1. The van der Waals surface area contributed by atoms with Gasteiger partial charge in [0.1, 0.15) is 0 Å². The highest BCUT2D eigenvalue weighted by Crippen LogP contribution is 2.22. The molecule has 3 N–H and O–H groups in total. The van der Waals surface area contributed by atoms with E-state index in [9.17, 15) is 13.2 Å². The van der Waals surface area contributed by atoms with Crippen LogP contribution in [0.2, 0.25) is 0 Å². The first kappa shape index (κ1) is 17.9. The van der Waals surface area contributed by atoms with Crippen LogP contribution in [0.1, 0.15) is 35.7 Å². The van der Waals surface area contributed by atoms with Crippen LogP contribution in [-0.4, -0.2) is 44.0 Å². The Balaban J connectivity index is 1.98. The third-order valence-corrected chi connectivity index (χ3v) is 5.74. The van der Waals surface area contributed by atoms with Crippen molar-refractivity contribution in [2.75, 3.05) is 19.3 Å². The minimum absolute atomic E-state index is 0.273. The van der Waals surface area contributed by atoms with Gasteiger partial charge in [-0.25, -0.2) is 12.7 Å². The van der Waals surface area contributed by atoms with Gasteiger partial charge in [0.15, 0.2) is 0 Å². The van der Waals surface area contributed by atoms with E-state index in [1.54, 1.807) is 16.4 Å². The fourth-order valence-corrected chi connectivity index (χ4v) is 3.97. The number of piperidine rings is 1. The highest BCUT2D eigenvalue weighted by atomic mass is 32.2. The van der Waals surface area contributed by atoms with Crippen molar-refractivity contribution in [3.63, 3.8) is 0 Å². The van der Waals surface area contributed by atoms with Crippen molar-refractivity contribution < 1.29 is 13.2 Å². The van der Waals surface area contributed by atoms with Gasteiger partial charge >= 0.3 is 0 Å². The average Bonchev–Trinajstić information content (AvgIpc) is 2.52. The Morgan fingerprint density at radius 1 is 1.43 bits per heavy atom. The molecule has 1 fully saturated rings. The van der Waals surface area contributed by atoms with Crippen molar-refractivity contribution >= 4 is 15.9 Å². The van der Waals surface area contributed by atoms with Crippen LogP contribution in [0.5, 0.6) is 0 Å². The molecule has 1 amide bonds. The number of hydrogen-bond donors (Lipinski definition) is 2. The minimum atomic E-state index is -3.12. The third kappa shape index (κ3) is 4.76. The van der Waals surface area contributed by atoms with E-state index in [0.29, 0.717) is 25.2 Å². The van der Waals surface area contributed by atoms with E-state index < -0.39 is 15.9 Å². The molecule has 1 aromatic rings. The van der Waals surface area contributed by atoms with E-state index in [1.807, 2.05) is 12.1 Å². The molecular weight excluding hydrogens is 314 g/mol. The Labute approximate surface area is 138 Å². The number of nitrogens with two attached hydrogens (primary N) is 1. The molecule has 1 heterocycles. The average molecular weight is 339 g/mol. The number of sulfonamides is 1. The van der Waals surface area contributed by atoms with Gasteiger partial charge in [0.05, 0.1) is 6.26 Å². The number of benzene rings is 1. The summed E-state index contributed by atoms with van der Waals surface area (Å²) in [5.41, 5.74) is 6.80. The van der Waals surface area contributed by atoms with Gasteiger partial charge in [-0.3, -0.25) is 4.79 Å². The fraction of sp³-hybridized carbons (Fsp3) is 0.562. The number of rotatable bonds is 6. The molecule has 0 aromatic heterocycles. The second kappa shape index (κ2) is 7.42. The standard InChI is InChI=1S/C16H25N3O3S/c1-3-13-11-19(23(2,21)22)8-7-15(13)18-10-12-5-4-6-14(9-12)16(17)20/h4-6,9,13,15,18H,3,7-8,10-11H2,1-2H3,(H2,17,20)/t13-,15-/m0/s1. The number of nitrogens with zero attached hydrogens (tertiary/aromatic N) is 1. The number of amides is 1. The molecule has 0 spiro atoms. The van der Waals surface area contributed by atoms with Crippen molar-refractivity contribution in [3.05, 3.63) is 35.4 Å². The number of primary amides is 1. The lowest BCUT2D eigenvalue weighted by molar-refractivity contribution is 0.1000. The number of carbonyl (C=O) groups excluding carboxylic acids is 1. The zero-order valence-electron chi connectivity index (χ0n) is 13.7. The van der Waals surface area contributed by atoms with Crippen molar-refractivity contribution in [1.29, 1.82) is 0 Å². The van der Waals surface area contributed by atoms with Gasteiger partial charge in [0, 0.05) is 31.2 Å². The lowest BCUT2D eigenvalue weighted by atomic mass is 9.91. The van der Waals surface area contributed by atoms with Gasteiger partial charge in [0.2, 0.25) is 15.9 Å². The Hall–Kier alpha value is -1.44. The quantitative estimate of drug-likeness (QED) is 0.806. The Morgan fingerprint density at radius 3 is 2.78 bits per heavy atom. The van der Waals surface area contributed by atoms with Crippen LogP contribution >= 0.6 is 0 Å². The van der Waals surface area contributed by atoms with Crippen LogP contribution in [0.3, 0.4) is 0 Å². The Bertz CT molecular complexity index is 660. The molecule has 0 aliphatic carbocycles. The van der Waals surface area contributed by atoms with Gasteiger partial charge in [-0.15, -0.1) is 0 Å². The molecular formula is C16H25N3O3S. The van der Waals surface area contributed by atoms with Crippen molar-refractivity contribution in [3.8, 4) is 0 Å². The molecule has 2 rings (SSSR count). The molecule has 0 saturated carbocycles. The first-order chi connectivity index (χ1) is 10.8. The maximum absolute atomic E-state index is 11.7. The highest BCUT2D eigenvalue weighted by Gasteiger charge is 2.31. The molecule has 0 bridgehead atoms. The topological polar surface area (TPSA) is 92.5 Å². The molecule has 0 unspecified atom stereocenters. The Morgan fingerprint density at radius 2 is 2.17 bits per heavy atom. The predicted molar refractivity (Wildman–Crippen MR) is 90.4 cm³/mol. The summed E-state index contributed by atoms with van der Waals surface area (Å²) < 4.78 is 25.0. The third-order valence-electron chi connectivity index (χ3n) is 4.47. The summed E-state index contributed by atoms with van der Waals surface area (Å²) in [6, 6.07) is 7.54. The van der Waals surface area contributed by atoms with Gasteiger partial charge in [-0.2, -0.15) is 0 Å². The first-order valence-corrected chi connectivity index (χ1v) is 9.73. The molecule has 2 atom stereocenters. The molecule has 7 heteroatoms. The molecule has 6 nitrogen and oxygen atoms in total. The fourth-order valence-electron chi connectivity index (χ4n) is 3.07. The van der Waals surface area contributed by atoms with E-state index in [0.717, 1.165) is 18.4 Å². The molecule has 128 valence electrons. The summed E-state index contributed by atoms with van der Waals surface area (Å²) in [5, 5.41) is 3.50. The summed E-state index contributed by atoms with van der Waals surface area (Å²) in [4.78, 5) is 11.2. The van der Waals surface area contributed by atoms with E-state index >= 15 is 0 Å². The Kier molecular flexibility index (Phi) is 5.78. The smallest absolute Gasteiger partial charge is 0.248 e. The highest BCUT2D eigenvalue weighted by molar-refractivity contribution is 7.88. The zero-order chi connectivity index (χ0) is 17.0. The summed E-state index contributed by atoms with van der Waals surface area (Å²) in [6.45, 7) is 3.84. The van der Waals surface area contributed by atoms with Crippen LogP contribution in [0.25, 0.3) is 0 Å². The molecule has 1 saturated heterocycles. The van der Waals surface area contributed by atoms with Gasteiger partial charge in [-0.05, 0) is 30.0 Å². The lowest BCUT2D eigenvalue weighted by Crippen LogP contribution is -2.50. The van der Waals surface area contributed by atoms with Crippen LogP contribution < -0.4 is 11.1 Å². The largest absolute Gasteiger partial charge is 0.366 e. The first-order valence-electron chi connectivity index (χ1n) is 7.88. The van der Waals surface area contributed by atoms with Gasteiger partial charge in [-0.1, -0.05) is 25.5 Å². The predicted octanol–water partition coefficient (Wildman–Crippen LogP) is 0.935. The minimum Gasteiger partial charge on any atom is -0.366 e. The number of nitrogens with one attached hydrogen (secondary N) is 1. The molecule has 23 heavy (non-hydrogen) atoms. The summed E-state index contributed by atoms with van der Waals surface area (Å²) in [5.74, 6) is -0.141. The summed E-state index contributed by atoms with van der Waals surface area (Å²) in [7, 11) is -3.12. The van der Waals surface area contributed by atoms with Crippen LogP contribution in [-0.2, 0) is 16.6 Å². The van der Waals surface area contributed by atoms with E-state index in [-0.39, 0.29) is 12.0 Å². The van der Waals surface area contributed by atoms with E-state index in [2.05, 4.69) is 12.2 Å². The molecule has 0 radical (unpaired) electrons. The zero-order valence-corrected chi connectivity index (χ0v) is 14.5. The second-order valence-corrected chi connectivity index (χ2v) is 8.11. The monoisotopic (exact) mass is 339 g/mol. The maximum Gasteiger partial charge on any atom is 0.248 e. The van der Waals surface area contributed by atoms with Gasteiger partial charge < -0.3 is 11.1 Å². The molecule has 1 aliphatic heterocycles. The van der Waals surface area contributed by atoms with Crippen molar-refractivity contribution in [2.24, 2.45) is 11.7 Å². The van der Waals surface area contributed by atoms with Crippen LogP contribution in [0.15, 0.2) is 24.3 Å². The number of carbonyl (C=O) groups is 1. The van der Waals surface area contributed by atoms with E-state index in [4.69, 9.17) is 5.73 Å². The maximum atomic E-state index is 11.7. The number of hydrogen-bond acceptors (Lipinski definition) is 4. The molecule has 1 aliphatic rings. The van der Waals surface area contributed by atoms with Gasteiger partial charge in [0.25, 0.3) is 0 Å². The molecule has 1 aromatic carbocycles. The van der Waals surface area contributed by atoms with Crippen LogP contribution in [0.4, 0.5) is 0 Å². The normalized spacial score (nSPS) is 22.9.